The number of carbonyl (C=O) groups excluding carboxylic acids is 3. The number of hydrogen-bond donors (Lipinski definition) is 2. The van der Waals surface area contributed by atoms with Crippen molar-refractivity contribution in [3.63, 3.8) is 0 Å². The first kappa shape index (κ1) is 18.4. The van der Waals surface area contributed by atoms with E-state index in [-0.39, 0.29) is 10.6 Å². The molecule has 132 valence electrons. The van der Waals surface area contributed by atoms with Crippen LogP contribution >= 0.6 is 11.3 Å². The Labute approximate surface area is 146 Å². The number of thiophene rings is 1. The number of carbonyl (C=O) groups is 3. The van der Waals surface area contributed by atoms with Gasteiger partial charge in [0.05, 0.1) is 5.56 Å². The Kier molecular flexibility index (Phi) is 6.07. The van der Waals surface area contributed by atoms with E-state index in [1.54, 1.807) is 5.38 Å². The summed E-state index contributed by atoms with van der Waals surface area (Å²) in [7, 11) is 0. The van der Waals surface area contributed by atoms with E-state index in [0.29, 0.717) is 5.75 Å². The van der Waals surface area contributed by atoms with Crippen molar-refractivity contribution in [1.29, 1.82) is 0 Å². The molecule has 1 aromatic heterocycles. The van der Waals surface area contributed by atoms with Gasteiger partial charge < -0.3 is 20.5 Å². The highest BCUT2D eigenvalue weighted by molar-refractivity contribution is 7.14. The molecule has 0 aliphatic heterocycles. The van der Waals surface area contributed by atoms with E-state index >= 15 is 0 Å². The molecule has 7 nitrogen and oxygen atoms in total. The van der Waals surface area contributed by atoms with E-state index in [1.165, 1.54) is 37.3 Å². The third-order valence-corrected chi connectivity index (χ3v) is 3.82. The summed E-state index contributed by atoms with van der Waals surface area (Å²) < 4.78 is 22.9. The second kappa shape index (κ2) is 8.25. The first-order chi connectivity index (χ1) is 11.9. The number of rotatable bonds is 7. The van der Waals surface area contributed by atoms with Crippen molar-refractivity contribution in [2.45, 2.75) is 13.0 Å². The van der Waals surface area contributed by atoms with E-state index in [0.717, 1.165) is 11.3 Å². The molecule has 0 aliphatic carbocycles. The fourth-order valence-corrected chi connectivity index (χ4v) is 2.59. The van der Waals surface area contributed by atoms with E-state index in [2.05, 4.69) is 5.32 Å². The van der Waals surface area contributed by atoms with Gasteiger partial charge in [-0.3, -0.25) is 9.59 Å². The van der Waals surface area contributed by atoms with Gasteiger partial charge in [0, 0.05) is 0 Å². The van der Waals surface area contributed by atoms with Crippen LogP contribution in [0.15, 0.2) is 35.7 Å². The highest BCUT2D eigenvalue weighted by Crippen LogP contribution is 2.22. The van der Waals surface area contributed by atoms with E-state index < -0.39 is 36.3 Å². The van der Waals surface area contributed by atoms with E-state index in [4.69, 9.17) is 15.2 Å². The zero-order chi connectivity index (χ0) is 18.4. The standard InChI is InChI=1S/C16H15FN2O5S/c1-9(24-11-4-2-10(17)3-5-11)16(22)23-8-13(20)19-15-12(14(18)21)6-7-25-15/h2-7,9H,8H2,1H3,(H2,18,21)(H,19,20)/t9-/m1/s1. The molecule has 0 saturated carbocycles. The Hall–Kier alpha value is -2.94. The molecule has 1 aromatic carbocycles. The normalized spacial score (nSPS) is 11.4. The first-order valence-corrected chi connectivity index (χ1v) is 8.01. The maximum absolute atomic E-state index is 12.8. The van der Waals surface area contributed by atoms with Crippen molar-refractivity contribution in [3.05, 3.63) is 47.1 Å². The molecule has 0 spiro atoms. The average molecular weight is 366 g/mol. The summed E-state index contributed by atoms with van der Waals surface area (Å²) in [6.07, 6.45) is -0.985. The fourth-order valence-electron chi connectivity index (χ4n) is 1.78. The van der Waals surface area contributed by atoms with Crippen LogP contribution in [0, 0.1) is 5.82 Å². The van der Waals surface area contributed by atoms with Gasteiger partial charge in [-0.05, 0) is 42.6 Å². The molecule has 0 fully saturated rings. The molecule has 0 aliphatic rings. The zero-order valence-corrected chi connectivity index (χ0v) is 14.0. The van der Waals surface area contributed by atoms with Crippen molar-refractivity contribution in [2.24, 2.45) is 5.73 Å². The molecule has 25 heavy (non-hydrogen) atoms. The topological polar surface area (TPSA) is 108 Å². The summed E-state index contributed by atoms with van der Waals surface area (Å²) in [5.74, 6) is -2.19. The third kappa shape index (κ3) is 5.28. The molecule has 0 bridgehead atoms. The molecule has 2 rings (SSSR count). The lowest BCUT2D eigenvalue weighted by Gasteiger charge is -2.13. The van der Waals surface area contributed by atoms with Crippen LogP contribution in [0.1, 0.15) is 17.3 Å². The van der Waals surface area contributed by atoms with Crippen molar-refractivity contribution in [1.82, 2.24) is 0 Å². The van der Waals surface area contributed by atoms with Crippen LogP contribution in [-0.4, -0.2) is 30.5 Å². The summed E-state index contributed by atoms with van der Waals surface area (Å²) in [6.45, 7) is 0.889. The third-order valence-electron chi connectivity index (χ3n) is 2.99. The number of halogens is 1. The molecule has 1 atom stereocenters. The monoisotopic (exact) mass is 366 g/mol. The molecule has 9 heteroatoms. The van der Waals surface area contributed by atoms with E-state index in [9.17, 15) is 18.8 Å². The lowest BCUT2D eigenvalue weighted by atomic mass is 10.3. The second-order valence-corrected chi connectivity index (χ2v) is 5.81. The number of primary amides is 1. The van der Waals surface area contributed by atoms with E-state index in [1.807, 2.05) is 0 Å². The zero-order valence-electron chi connectivity index (χ0n) is 13.2. The van der Waals surface area contributed by atoms with Crippen molar-refractivity contribution >= 4 is 34.1 Å². The molecule has 3 N–H and O–H groups in total. The first-order valence-electron chi connectivity index (χ1n) is 7.13. The predicted octanol–water partition coefficient (Wildman–Crippen LogP) is 1.94. The SMILES string of the molecule is C[C@@H](Oc1ccc(F)cc1)C(=O)OCC(=O)Nc1sccc1C(N)=O. The summed E-state index contributed by atoms with van der Waals surface area (Å²) in [5, 5.41) is 4.32. The summed E-state index contributed by atoms with van der Waals surface area (Å²) in [4.78, 5) is 34.8. The van der Waals surface area contributed by atoms with Crippen LogP contribution in [0.3, 0.4) is 0 Å². The van der Waals surface area contributed by atoms with Crippen LogP contribution in [0.2, 0.25) is 0 Å². The van der Waals surface area contributed by atoms with Gasteiger partial charge in [0.25, 0.3) is 11.8 Å². The minimum Gasteiger partial charge on any atom is -0.479 e. The van der Waals surface area contributed by atoms with Gasteiger partial charge in [-0.2, -0.15) is 0 Å². The number of esters is 1. The number of ether oxygens (including phenoxy) is 2. The quantitative estimate of drug-likeness (QED) is 0.728. The summed E-state index contributed by atoms with van der Waals surface area (Å²) in [5.41, 5.74) is 5.35. The number of anilines is 1. The maximum atomic E-state index is 12.8. The van der Waals surface area contributed by atoms with Crippen molar-refractivity contribution in [2.75, 3.05) is 11.9 Å². The lowest BCUT2D eigenvalue weighted by Crippen LogP contribution is -2.30. The summed E-state index contributed by atoms with van der Waals surface area (Å²) >= 11 is 1.12. The van der Waals surface area contributed by atoms with Gasteiger partial charge in [0.2, 0.25) is 0 Å². The minimum absolute atomic E-state index is 0.178. The molecule has 0 unspecified atom stereocenters. The minimum atomic E-state index is -0.985. The second-order valence-electron chi connectivity index (χ2n) is 4.90. The Balaban J connectivity index is 1.82. The fraction of sp³-hybridized carbons (Fsp3) is 0.188. The molecule has 2 amide bonds. The van der Waals surface area contributed by atoms with Crippen molar-refractivity contribution < 1.29 is 28.2 Å². The van der Waals surface area contributed by atoms with Crippen LogP contribution < -0.4 is 15.8 Å². The smallest absolute Gasteiger partial charge is 0.347 e. The largest absolute Gasteiger partial charge is 0.479 e. The Morgan fingerprint density at radius 2 is 1.92 bits per heavy atom. The van der Waals surface area contributed by atoms with Gasteiger partial charge in [-0.15, -0.1) is 11.3 Å². The number of amides is 2. The predicted molar refractivity (Wildman–Crippen MR) is 88.9 cm³/mol. The lowest BCUT2D eigenvalue weighted by molar-refractivity contribution is -0.153. The number of benzene rings is 1. The molecule has 0 radical (unpaired) electrons. The molecular formula is C16H15FN2O5S. The van der Waals surface area contributed by atoms with Gasteiger partial charge in [0.15, 0.2) is 12.7 Å². The van der Waals surface area contributed by atoms with Crippen LogP contribution in [-0.2, 0) is 14.3 Å². The highest BCUT2D eigenvalue weighted by atomic mass is 32.1. The molecule has 2 aromatic rings. The average Bonchev–Trinajstić information content (AvgIpc) is 3.03. The van der Waals surface area contributed by atoms with Gasteiger partial charge >= 0.3 is 5.97 Å². The van der Waals surface area contributed by atoms with Gasteiger partial charge in [-0.1, -0.05) is 0 Å². The van der Waals surface area contributed by atoms with Gasteiger partial charge in [0.1, 0.15) is 16.6 Å². The number of hydrogen-bond acceptors (Lipinski definition) is 6. The molecular weight excluding hydrogens is 351 g/mol. The van der Waals surface area contributed by atoms with Crippen LogP contribution in [0.25, 0.3) is 0 Å². The number of nitrogens with one attached hydrogen (secondary N) is 1. The van der Waals surface area contributed by atoms with Gasteiger partial charge in [-0.25, -0.2) is 9.18 Å². The maximum Gasteiger partial charge on any atom is 0.347 e. The highest BCUT2D eigenvalue weighted by Gasteiger charge is 2.19. The van der Waals surface area contributed by atoms with Crippen molar-refractivity contribution in [3.8, 4) is 5.75 Å². The molecule has 0 saturated heterocycles. The number of nitrogens with two attached hydrogens (primary N) is 1. The Bertz CT molecular complexity index is 775. The van der Waals surface area contributed by atoms with Crippen LogP contribution in [0.4, 0.5) is 9.39 Å². The molecule has 1 heterocycles. The Morgan fingerprint density at radius 3 is 2.56 bits per heavy atom. The van der Waals surface area contributed by atoms with Crippen LogP contribution in [0.5, 0.6) is 5.75 Å². The Morgan fingerprint density at radius 1 is 1.24 bits per heavy atom. The summed E-state index contributed by atoms with van der Waals surface area (Å²) in [6, 6.07) is 6.60.